The molecule has 1 amide bonds. The minimum atomic E-state index is -0.889. The Balaban J connectivity index is 1.46. The molecule has 1 aliphatic carbocycles. The molecule has 1 aromatic rings. The van der Waals surface area contributed by atoms with Gasteiger partial charge in [-0.05, 0) is 63.8 Å². The van der Waals surface area contributed by atoms with E-state index >= 15 is 0 Å². The summed E-state index contributed by atoms with van der Waals surface area (Å²) in [6.45, 7) is 8.23. The van der Waals surface area contributed by atoms with Gasteiger partial charge >= 0.3 is 6.09 Å². The summed E-state index contributed by atoms with van der Waals surface area (Å²) < 4.78 is 14.4. The maximum Gasteiger partial charge on any atom is 0.407 e. The Bertz CT molecular complexity index is 809. The molecule has 4 rings (SSSR count). The van der Waals surface area contributed by atoms with Crippen LogP contribution in [0.4, 0.5) is 4.79 Å². The van der Waals surface area contributed by atoms with Crippen LogP contribution in [0.3, 0.4) is 0 Å². The summed E-state index contributed by atoms with van der Waals surface area (Å²) in [5, 5.41) is 14.2. The molecule has 33 heavy (non-hydrogen) atoms. The molecule has 0 bridgehead atoms. The molecular formula is C25H42N4O4. The number of rotatable bonds is 7. The number of hydrogen-bond acceptors (Lipinski definition) is 5. The summed E-state index contributed by atoms with van der Waals surface area (Å²) in [7, 11) is 3.67. The number of carbonyl (C=O) groups is 1. The van der Waals surface area contributed by atoms with E-state index in [0.717, 1.165) is 64.7 Å². The second-order valence-electron chi connectivity index (χ2n) is 11.4. The Labute approximate surface area is 198 Å². The van der Waals surface area contributed by atoms with Crippen LogP contribution in [0.25, 0.3) is 0 Å². The zero-order valence-electron chi connectivity index (χ0n) is 20.9. The minimum absolute atomic E-state index is 0.0311. The summed E-state index contributed by atoms with van der Waals surface area (Å²) in [4.78, 5) is 14.7. The first-order chi connectivity index (χ1) is 15.7. The van der Waals surface area contributed by atoms with Crippen LogP contribution in [0, 0.1) is 5.41 Å². The largest absolute Gasteiger partial charge is 0.465 e. The van der Waals surface area contributed by atoms with Gasteiger partial charge in [-0.2, -0.15) is 5.10 Å². The molecule has 1 spiro atoms. The Morgan fingerprint density at radius 1 is 1.21 bits per heavy atom. The van der Waals surface area contributed by atoms with Crippen molar-refractivity contribution in [1.82, 2.24) is 19.6 Å². The van der Waals surface area contributed by atoms with Crippen LogP contribution >= 0.6 is 0 Å². The van der Waals surface area contributed by atoms with Crippen LogP contribution in [0.15, 0.2) is 6.20 Å². The van der Waals surface area contributed by atoms with Gasteiger partial charge in [0.15, 0.2) is 0 Å². The second kappa shape index (κ2) is 9.92. The van der Waals surface area contributed by atoms with E-state index in [9.17, 15) is 4.79 Å². The molecule has 2 aliphatic heterocycles. The third-order valence-corrected chi connectivity index (χ3v) is 7.73. The molecule has 0 aromatic carbocycles. The highest BCUT2D eigenvalue weighted by atomic mass is 16.5. The monoisotopic (exact) mass is 462 g/mol. The van der Waals surface area contributed by atoms with Crippen molar-refractivity contribution in [3.05, 3.63) is 17.5 Å². The average Bonchev–Trinajstić information content (AvgIpc) is 3.33. The number of likely N-dealkylation sites (N-methyl/N-ethyl adjacent to an activating group) is 2. The van der Waals surface area contributed by atoms with E-state index in [4.69, 9.17) is 19.7 Å². The van der Waals surface area contributed by atoms with Crippen LogP contribution in [0.5, 0.6) is 0 Å². The molecule has 1 saturated carbocycles. The van der Waals surface area contributed by atoms with Crippen LogP contribution in [-0.4, -0.2) is 76.8 Å². The molecular weight excluding hydrogens is 420 g/mol. The molecule has 1 aromatic heterocycles. The van der Waals surface area contributed by atoms with Gasteiger partial charge in [-0.3, -0.25) is 0 Å². The topological polar surface area (TPSA) is 80.1 Å². The smallest absolute Gasteiger partial charge is 0.407 e. The first-order valence-electron chi connectivity index (χ1n) is 12.6. The van der Waals surface area contributed by atoms with E-state index in [0.29, 0.717) is 19.0 Å². The number of aromatic nitrogens is 2. The van der Waals surface area contributed by atoms with Gasteiger partial charge in [-0.25, -0.2) is 9.48 Å². The molecule has 8 nitrogen and oxygen atoms in total. The van der Waals surface area contributed by atoms with Crippen molar-refractivity contribution in [2.75, 3.05) is 40.4 Å². The van der Waals surface area contributed by atoms with Crippen molar-refractivity contribution >= 4 is 6.09 Å². The van der Waals surface area contributed by atoms with Gasteiger partial charge in [0.05, 0.1) is 17.9 Å². The van der Waals surface area contributed by atoms with Gasteiger partial charge < -0.3 is 24.4 Å². The van der Waals surface area contributed by atoms with Crippen LogP contribution in [-0.2, 0) is 16.0 Å². The summed E-state index contributed by atoms with van der Waals surface area (Å²) in [6.07, 6.45) is 10.2. The van der Waals surface area contributed by atoms with Gasteiger partial charge in [-0.1, -0.05) is 13.8 Å². The summed E-state index contributed by atoms with van der Waals surface area (Å²) in [5.41, 5.74) is 2.80. The molecule has 1 atom stereocenters. The summed E-state index contributed by atoms with van der Waals surface area (Å²) >= 11 is 0. The van der Waals surface area contributed by atoms with Gasteiger partial charge in [0.1, 0.15) is 6.23 Å². The highest BCUT2D eigenvalue weighted by Gasteiger charge is 2.46. The molecule has 186 valence electrons. The fourth-order valence-electron chi connectivity index (χ4n) is 5.84. The highest BCUT2D eigenvalue weighted by Crippen LogP contribution is 2.50. The van der Waals surface area contributed by atoms with Gasteiger partial charge in [0, 0.05) is 51.0 Å². The first-order valence-corrected chi connectivity index (χ1v) is 12.6. The zero-order valence-corrected chi connectivity index (χ0v) is 20.9. The van der Waals surface area contributed by atoms with E-state index in [1.165, 1.54) is 22.6 Å². The van der Waals surface area contributed by atoms with Gasteiger partial charge in [0.2, 0.25) is 0 Å². The number of hydrogen-bond donors (Lipinski definition) is 1. The van der Waals surface area contributed by atoms with E-state index in [1.807, 2.05) is 0 Å². The minimum Gasteiger partial charge on any atom is -0.465 e. The lowest BCUT2D eigenvalue weighted by Gasteiger charge is -2.37. The van der Waals surface area contributed by atoms with Crippen molar-refractivity contribution in [3.63, 3.8) is 0 Å². The lowest BCUT2D eigenvalue weighted by atomic mass is 9.72. The van der Waals surface area contributed by atoms with Crippen molar-refractivity contribution in [1.29, 1.82) is 0 Å². The Morgan fingerprint density at radius 3 is 2.58 bits per heavy atom. The lowest BCUT2D eigenvalue weighted by molar-refractivity contribution is -0.0405. The maximum atomic E-state index is 11.1. The molecule has 2 saturated heterocycles. The second-order valence-corrected chi connectivity index (χ2v) is 11.4. The van der Waals surface area contributed by atoms with E-state index in [-0.39, 0.29) is 17.2 Å². The molecule has 8 heteroatoms. The predicted octanol–water partition coefficient (Wildman–Crippen LogP) is 4.47. The van der Waals surface area contributed by atoms with Gasteiger partial charge in [-0.15, -0.1) is 0 Å². The molecule has 3 heterocycles. The Hall–Kier alpha value is -1.64. The van der Waals surface area contributed by atoms with E-state index in [2.05, 4.69) is 36.7 Å². The normalized spacial score (nSPS) is 29.6. The molecule has 3 fully saturated rings. The Kier molecular flexibility index (Phi) is 7.36. The Morgan fingerprint density at radius 2 is 1.97 bits per heavy atom. The summed E-state index contributed by atoms with van der Waals surface area (Å²) in [5.74, 6) is 0.442. The van der Waals surface area contributed by atoms with Crippen LogP contribution < -0.4 is 0 Å². The third kappa shape index (κ3) is 5.89. The number of ether oxygens (including phenoxy) is 2. The third-order valence-electron chi connectivity index (χ3n) is 7.73. The quantitative estimate of drug-likeness (QED) is 0.644. The SMILES string of the molecule is CN(CCN(C)C(=O)O)Cc1cn(C2CCCCO2)nc1C1CCC2(CC1)CC(C)(C)CO2. The predicted molar refractivity (Wildman–Crippen MR) is 126 cm³/mol. The zero-order chi connectivity index (χ0) is 23.6. The standard InChI is InChI=1S/C25H42N4O4/c1-24(2)17-25(33-18-24)10-8-19(9-11-25)22-20(15-27(3)12-13-28(4)23(30)31)16-29(26-22)21-7-5-6-14-32-21/h16,19,21H,5-15,17-18H2,1-4H3,(H,30,31). The summed E-state index contributed by atoms with van der Waals surface area (Å²) in [6, 6.07) is 0. The van der Waals surface area contributed by atoms with E-state index in [1.54, 1.807) is 7.05 Å². The van der Waals surface area contributed by atoms with Gasteiger partial charge in [0.25, 0.3) is 0 Å². The molecule has 1 unspecified atom stereocenters. The number of amides is 1. The van der Waals surface area contributed by atoms with Crippen molar-refractivity contribution in [2.24, 2.45) is 5.41 Å². The van der Waals surface area contributed by atoms with Crippen molar-refractivity contribution in [3.8, 4) is 0 Å². The molecule has 3 aliphatic rings. The number of nitrogens with zero attached hydrogens (tertiary/aromatic N) is 4. The van der Waals surface area contributed by atoms with Crippen LogP contribution in [0.1, 0.15) is 88.6 Å². The molecule has 1 N–H and O–H groups in total. The average molecular weight is 463 g/mol. The maximum absolute atomic E-state index is 11.1. The highest BCUT2D eigenvalue weighted by molar-refractivity contribution is 5.64. The van der Waals surface area contributed by atoms with Crippen molar-refractivity contribution in [2.45, 2.75) is 89.5 Å². The number of carboxylic acid groups (broad SMARTS) is 1. The van der Waals surface area contributed by atoms with Crippen molar-refractivity contribution < 1.29 is 19.4 Å². The molecule has 0 radical (unpaired) electrons. The van der Waals surface area contributed by atoms with E-state index < -0.39 is 6.09 Å². The fraction of sp³-hybridized carbons (Fsp3) is 0.840. The van der Waals surface area contributed by atoms with Crippen LogP contribution in [0.2, 0.25) is 0 Å². The fourth-order valence-corrected chi connectivity index (χ4v) is 5.84. The first kappa shape index (κ1) is 24.5. The lowest BCUT2D eigenvalue weighted by Crippen LogP contribution is -2.34.